The molecule has 0 aliphatic rings. The summed E-state index contributed by atoms with van der Waals surface area (Å²) in [6, 6.07) is 2.21. The van der Waals surface area contributed by atoms with Crippen LogP contribution in [-0.2, 0) is 6.42 Å². The predicted octanol–water partition coefficient (Wildman–Crippen LogP) is 2.71. The van der Waals surface area contributed by atoms with Gasteiger partial charge in [0.2, 0.25) is 0 Å². The number of nitrogens with zero attached hydrogens (tertiary/aromatic N) is 1. The van der Waals surface area contributed by atoms with Gasteiger partial charge in [-0.05, 0) is 22.0 Å². The van der Waals surface area contributed by atoms with Crippen LogP contribution in [0.3, 0.4) is 0 Å². The molecule has 0 fully saturated rings. The number of halogens is 1. The average Bonchev–Trinajstić information content (AvgIpc) is 2.85. The zero-order chi connectivity index (χ0) is 10.7. The van der Waals surface area contributed by atoms with Gasteiger partial charge < -0.3 is 0 Å². The maximum Gasteiger partial charge on any atom is 0.0795 e. The highest BCUT2D eigenvalue weighted by atomic mass is 79.9. The van der Waals surface area contributed by atoms with Crippen molar-refractivity contribution in [3.05, 3.63) is 37.4 Å². The molecule has 0 radical (unpaired) electrons. The van der Waals surface area contributed by atoms with Gasteiger partial charge in [0.15, 0.2) is 0 Å². The van der Waals surface area contributed by atoms with E-state index in [2.05, 4.69) is 37.8 Å². The van der Waals surface area contributed by atoms with Crippen molar-refractivity contribution in [1.29, 1.82) is 0 Å². The molecule has 2 heterocycles. The number of hydrazine groups is 1. The number of thiophene rings is 1. The van der Waals surface area contributed by atoms with Crippen molar-refractivity contribution in [2.24, 2.45) is 5.84 Å². The van der Waals surface area contributed by atoms with Crippen LogP contribution in [0.15, 0.2) is 26.8 Å². The molecule has 0 amide bonds. The molecule has 2 aromatic rings. The van der Waals surface area contributed by atoms with Crippen molar-refractivity contribution in [3.63, 3.8) is 0 Å². The van der Waals surface area contributed by atoms with Crippen molar-refractivity contribution in [1.82, 2.24) is 10.4 Å². The molecule has 0 spiro atoms. The Bertz CT molecular complexity index is 413. The van der Waals surface area contributed by atoms with E-state index in [9.17, 15) is 0 Å². The average molecular weight is 304 g/mol. The minimum atomic E-state index is 0.0989. The Morgan fingerprint density at radius 2 is 2.40 bits per heavy atom. The van der Waals surface area contributed by atoms with Crippen molar-refractivity contribution < 1.29 is 0 Å². The highest BCUT2D eigenvalue weighted by Gasteiger charge is 2.13. The first kappa shape index (κ1) is 11.2. The predicted molar refractivity (Wildman–Crippen MR) is 67.9 cm³/mol. The molecular weight excluding hydrogens is 294 g/mol. The molecule has 1 unspecified atom stereocenters. The Balaban J connectivity index is 2.09. The van der Waals surface area contributed by atoms with Crippen molar-refractivity contribution >= 4 is 38.6 Å². The lowest BCUT2D eigenvalue weighted by atomic mass is 10.1. The van der Waals surface area contributed by atoms with Crippen LogP contribution in [0, 0.1) is 0 Å². The Morgan fingerprint density at radius 1 is 1.53 bits per heavy atom. The maximum absolute atomic E-state index is 5.53. The smallest absolute Gasteiger partial charge is 0.0795 e. The molecule has 0 aliphatic heterocycles. The summed E-state index contributed by atoms with van der Waals surface area (Å²) in [5, 5.41) is 4.09. The van der Waals surface area contributed by atoms with Gasteiger partial charge in [-0.3, -0.25) is 11.3 Å². The van der Waals surface area contributed by atoms with Crippen LogP contribution in [0.2, 0.25) is 0 Å². The molecule has 2 rings (SSSR count). The number of hydrogen-bond acceptors (Lipinski definition) is 5. The molecule has 80 valence electrons. The molecule has 0 aromatic carbocycles. The van der Waals surface area contributed by atoms with E-state index in [1.54, 1.807) is 22.7 Å². The van der Waals surface area contributed by atoms with E-state index in [1.165, 1.54) is 4.88 Å². The van der Waals surface area contributed by atoms with Crippen LogP contribution in [0.25, 0.3) is 0 Å². The third kappa shape index (κ3) is 2.85. The van der Waals surface area contributed by atoms with Gasteiger partial charge >= 0.3 is 0 Å². The number of nitrogens with two attached hydrogens (primary N) is 1. The quantitative estimate of drug-likeness (QED) is 0.674. The molecule has 6 heteroatoms. The molecule has 3 N–H and O–H groups in total. The number of rotatable bonds is 4. The number of thiazole rings is 1. The molecule has 0 saturated heterocycles. The summed E-state index contributed by atoms with van der Waals surface area (Å²) < 4.78 is 1.12. The normalized spacial score (nSPS) is 12.9. The van der Waals surface area contributed by atoms with Gasteiger partial charge in [-0.25, -0.2) is 4.98 Å². The summed E-state index contributed by atoms with van der Waals surface area (Å²) in [6.45, 7) is 0. The topological polar surface area (TPSA) is 50.9 Å². The van der Waals surface area contributed by atoms with E-state index >= 15 is 0 Å². The standard InChI is InChI=1S/C9H10BrN3S2/c10-6-1-7(15-3-6)2-8(13-11)9-4-14-5-12-9/h1,3-5,8,13H,2,11H2. The van der Waals surface area contributed by atoms with E-state index in [0.717, 1.165) is 16.6 Å². The summed E-state index contributed by atoms with van der Waals surface area (Å²) in [5.41, 5.74) is 5.63. The maximum atomic E-state index is 5.53. The lowest BCUT2D eigenvalue weighted by Crippen LogP contribution is -2.29. The second-order valence-electron chi connectivity index (χ2n) is 3.07. The highest BCUT2D eigenvalue weighted by molar-refractivity contribution is 9.10. The fourth-order valence-electron chi connectivity index (χ4n) is 1.30. The molecule has 0 bridgehead atoms. The van der Waals surface area contributed by atoms with Crippen molar-refractivity contribution in [2.75, 3.05) is 0 Å². The van der Waals surface area contributed by atoms with E-state index in [0.29, 0.717) is 0 Å². The zero-order valence-corrected chi connectivity index (χ0v) is 11.0. The number of hydrogen-bond donors (Lipinski definition) is 2. The fraction of sp³-hybridized carbons (Fsp3) is 0.222. The molecule has 15 heavy (non-hydrogen) atoms. The van der Waals surface area contributed by atoms with E-state index in [1.807, 2.05) is 10.9 Å². The minimum Gasteiger partial charge on any atom is -0.271 e. The summed E-state index contributed by atoms with van der Waals surface area (Å²) in [7, 11) is 0. The molecular formula is C9H10BrN3S2. The molecule has 0 saturated carbocycles. The van der Waals surface area contributed by atoms with Gasteiger partial charge in [-0.2, -0.15) is 0 Å². The first-order valence-corrected chi connectivity index (χ1v) is 6.98. The summed E-state index contributed by atoms with van der Waals surface area (Å²) in [4.78, 5) is 5.55. The number of nitrogens with one attached hydrogen (secondary N) is 1. The molecule has 2 aromatic heterocycles. The Hall–Kier alpha value is -0.270. The van der Waals surface area contributed by atoms with E-state index < -0.39 is 0 Å². The highest BCUT2D eigenvalue weighted by Crippen LogP contribution is 2.25. The van der Waals surface area contributed by atoms with Gasteiger partial charge in [0.05, 0.1) is 17.2 Å². The second-order valence-corrected chi connectivity index (χ2v) is 5.70. The Morgan fingerprint density at radius 3 is 2.93 bits per heavy atom. The van der Waals surface area contributed by atoms with Gasteiger partial charge in [0.25, 0.3) is 0 Å². The SMILES string of the molecule is NNC(Cc1cc(Br)cs1)c1cscn1. The molecule has 3 nitrogen and oxygen atoms in total. The third-order valence-electron chi connectivity index (χ3n) is 2.04. The van der Waals surface area contributed by atoms with Gasteiger partial charge in [-0.15, -0.1) is 22.7 Å². The Labute approximate surface area is 104 Å². The van der Waals surface area contributed by atoms with Gasteiger partial charge in [0.1, 0.15) is 0 Å². The van der Waals surface area contributed by atoms with Crippen molar-refractivity contribution in [2.45, 2.75) is 12.5 Å². The van der Waals surface area contributed by atoms with Crippen LogP contribution in [-0.4, -0.2) is 4.98 Å². The fourth-order valence-corrected chi connectivity index (χ4v) is 3.41. The zero-order valence-electron chi connectivity index (χ0n) is 7.81. The monoisotopic (exact) mass is 303 g/mol. The van der Waals surface area contributed by atoms with Crippen molar-refractivity contribution in [3.8, 4) is 0 Å². The van der Waals surface area contributed by atoms with Crippen LogP contribution in [0.1, 0.15) is 16.6 Å². The Kier molecular flexibility index (Phi) is 3.87. The van der Waals surface area contributed by atoms with Crippen LogP contribution in [0.5, 0.6) is 0 Å². The molecule has 1 atom stereocenters. The lowest BCUT2D eigenvalue weighted by molar-refractivity contribution is 0.544. The van der Waals surface area contributed by atoms with Crippen LogP contribution >= 0.6 is 38.6 Å². The second kappa shape index (κ2) is 5.18. The summed E-state index contributed by atoms with van der Waals surface area (Å²) >= 11 is 6.75. The van der Waals surface area contributed by atoms with Crippen LogP contribution in [0.4, 0.5) is 0 Å². The third-order valence-corrected chi connectivity index (χ3v) is 4.36. The van der Waals surface area contributed by atoms with E-state index in [-0.39, 0.29) is 6.04 Å². The minimum absolute atomic E-state index is 0.0989. The van der Waals surface area contributed by atoms with Gasteiger partial charge in [-0.1, -0.05) is 0 Å². The van der Waals surface area contributed by atoms with Gasteiger partial charge in [0, 0.05) is 26.5 Å². The number of aromatic nitrogens is 1. The molecule has 0 aliphatic carbocycles. The summed E-state index contributed by atoms with van der Waals surface area (Å²) in [6.07, 6.45) is 0.872. The summed E-state index contributed by atoms with van der Waals surface area (Å²) in [5.74, 6) is 5.53. The van der Waals surface area contributed by atoms with Crippen LogP contribution < -0.4 is 11.3 Å². The first-order chi connectivity index (χ1) is 7.29. The lowest BCUT2D eigenvalue weighted by Gasteiger charge is -2.11. The largest absolute Gasteiger partial charge is 0.271 e. The first-order valence-electron chi connectivity index (χ1n) is 4.36. The van der Waals surface area contributed by atoms with E-state index in [4.69, 9.17) is 5.84 Å².